The van der Waals surface area contributed by atoms with Crippen molar-refractivity contribution in [2.75, 3.05) is 13.7 Å². The van der Waals surface area contributed by atoms with E-state index in [0.717, 1.165) is 6.42 Å². The van der Waals surface area contributed by atoms with Crippen LogP contribution in [0.3, 0.4) is 0 Å². The van der Waals surface area contributed by atoms with Gasteiger partial charge >= 0.3 is 0 Å². The van der Waals surface area contributed by atoms with Crippen molar-refractivity contribution in [3.05, 3.63) is 0 Å². The minimum atomic E-state index is -0.327. The first-order valence-corrected chi connectivity index (χ1v) is 5.26. The fraction of sp³-hybridized carbons (Fsp3) is 0.900. The van der Waals surface area contributed by atoms with Gasteiger partial charge in [0.25, 0.3) is 0 Å². The van der Waals surface area contributed by atoms with Crippen molar-refractivity contribution in [2.24, 2.45) is 11.7 Å². The number of nitrogens with one attached hydrogen (secondary N) is 1. The van der Waals surface area contributed by atoms with Crippen molar-refractivity contribution in [1.29, 1.82) is 0 Å². The number of nitrogens with two attached hydrogens (primary N) is 1. The second kappa shape index (κ2) is 5.44. The fourth-order valence-electron chi connectivity index (χ4n) is 1.79. The van der Waals surface area contributed by atoms with Crippen molar-refractivity contribution >= 4 is 5.91 Å². The van der Waals surface area contributed by atoms with E-state index >= 15 is 0 Å². The average molecular weight is 216 g/mol. The number of methoxy groups -OCH3 is 1. The summed E-state index contributed by atoms with van der Waals surface area (Å²) in [4.78, 5) is 11.2. The van der Waals surface area contributed by atoms with Gasteiger partial charge in [0.2, 0.25) is 5.91 Å². The monoisotopic (exact) mass is 216 g/mol. The molecule has 1 saturated heterocycles. The average Bonchev–Trinajstić information content (AvgIpc) is 2.59. The Bertz CT molecular complexity index is 221. The highest BCUT2D eigenvalue weighted by molar-refractivity contribution is 5.80. The maximum atomic E-state index is 11.2. The number of hydrogen-bond donors (Lipinski definition) is 2. The van der Waals surface area contributed by atoms with Crippen molar-refractivity contribution in [2.45, 2.75) is 38.6 Å². The van der Waals surface area contributed by atoms with Crippen LogP contribution in [0.4, 0.5) is 0 Å². The topological polar surface area (TPSA) is 73.6 Å². The highest BCUT2D eigenvalue weighted by Gasteiger charge is 2.32. The summed E-state index contributed by atoms with van der Waals surface area (Å²) in [7, 11) is 1.60. The maximum absolute atomic E-state index is 11.2. The van der Waals surface area contributed by atoms with Gasteiger partial charge < -0.3 is 15.2 Å². The van der Waals surface area contributed by atoms with E-state index in [1.165, 1.54) is 0 Å². The molecule has 1 amide bonds. The lowest BCUT2D eigenvalue weighted by Gasteiger charge is -2.25. The lowest BCUT2D eigenvalue weighted by atomic mass is 10.0. The molecule has 1 aliphatic heterocycles. The molecule has 5 heteroatoms. The minimum absolute atomic E-state index is 0.0508. The van der Waals surface area contributed by atoms with Crippen molar-refractivity contribution in [1.82, 2.24) is 5.32 Å². The number of amides is 1. The number of ether oxygens (including phenoxy) is 2. The van der Waals surface area contributed by atoms with Crippen molar-refractivity contribution in [3.8, 4) is 0 Å². The Morgan fingerprint density at radius 3 is 2.73 bits per heavy atom. The van der Waals surface area contributed by atoms with E-state index in [-0.39, 0.29) is 30.2 Å². The van der Waals surface area contributed by atoms with Gasteiger partial charge in [0.15, 0.2) is 6.29 Å². The summed E-state index contributed by atoms with van der Waals surface area (Å²) in [5, 5.41) is 3.19. The first-order chi connectivity index (χ1) is 7.06. The van der Waals surface area contributed by atoms with Crippen LogP contribution in [0.2, 0.25) is 0 Å². The van der Waals surface area contributed by atoms with E-state index in [0.29, 0.717) is 6.61 Å². The third-order valence-corrected chi connectivity index (χ3v) is 2.64. The Morgan fingerprint density at radius 1 is 1.60 bits per heavy atom. The molecule has 3 N–H and O–H groups in total. The summed E-state index contributed by atoms with van der Waals surface area (Å²) in [6.45, 7) is 4.57. The highest BCUT2D eigenvalue weighted by Crippen LogP contribution is 2.16. The summed E-state index contributed by atoms with van der Waals surface area (Å²) in [5.74, 6) is -0.160. The molecule has 1 aliphatic rings. The molecule has 0 bridgehead atoms. The second-order valence-electron chi connectivity index (χ2n) is 4.16. The molecule has 0 aliphatic carbocycles. The first kappa shape index (κ1) is 12.4. The summed E-state index contributed by atoms with van der Waals surface area (Å²) in [6.07, 6.45) is 0.570. The number of hydrogen-bond acceptors (Lipinski definition) is 4. The summed E-state index contributed by atoms with van der Waals surface area (Å²) in [6, 6.07) is -0.274. The molecule has 0 saturated carbocycles. The molecule has 0 spiro atoms. The van der Waals surface area contributed by atoms with Gasteiger partial charge in [0.05, 0.1) is 18.7 Å². The van der Waals surface area contributed by atoms with Crippen LogP contribution in [-0.2, 0) is 14.3 Å². The van der Waals surface area contributed by atoms with Crippen molar-refractivity contribution < 1.29 is 14.3 Å². The molecular formula is C10H20N2O3. The van der Waals surface area contributed by atoms with Crippen molar-refractivity contribution in [3.63, 3.8) is 0 Å². The number of primary amides is 1. The van der Waals surface area contributed by atoms with E-state index < -0.39 is 0 Å². The van der Waals surface area contributed by atoms with Gasteiger partial charge in [-0.3, -0.25) is 10.1 Å². The summed E-state index contributed by atoms with van der Waals surface area (Å²) in [5.41, 5.74) is 5.32. The molecule has 0 aromatic carbocycles. The van der Waals surface area contributed by atoms with Gasteiger partial charge in [0.1, 0.15) is 0 Å². The zero-order valence-corrected chi connectivity index (χ0v) is 9.53. The van der Waals surface area contributed by atoms with Crippen LogP contribution in [-0.4, -0.2) is 38.0 Å². The highest BCUT2D eigenvalue weighted by atomic mass is 16.7. The molecule has 1 heterocycles. The largest absolute Gasteiger partial charge is 0.368 e. The summed E-state index contributed by atoms with van der Waals surface area (Å²) >= 11 is 0. The zero-order valence-electron chi connectivity index (χ0n) is 9.53. The van der Waals surface area contributed by atoms with Crippen LogP contribution < -0.4 is 11.1 Å². The molecule has 0 aromatic heterocycles. The molecule has 1 rings (SSSR count). The lowest BCUT2D eigenvalue weighted by Crippen LogP contribution is -2.52. The molecule has 1 fully saturated rings. The van der Waals surface area contributed by atoms with Crippen LogP contribution in [0, 0.1) is 5.92 Å². The lowest BCUT2D eigenvalue weighted by molar-refractivity contribution is -0.123. The minimum Gasteiger partial charge on any atom is -0.368 e. The number of carbonyl (C=O) groups excluding carboxylic acids is 1. The van der Waals surface area contributed by atoms with Gasteiger partial charge in [-0.05, 0) is 12.3 Å². The predicted molar refractivity (Wildman–Crippen MR) is 56.1 cm³/mol. The van der Waals surface area contributed by atoms with Crippen LogP contribution in [0.15, 0.2) is 0 Å². The third-order valence-electron chi connectivity index (χ3n) is 2.64. The molecular weight excluding hydrogens is 196 g/mol. The van der Waals surface area contributed by atoms with Crippen LogP contribution in [0.1, 0.15) is 20.3 Å². The van der Waals surface area contributed by atoms with E-state index in [9.17, 15) is 4.79 Å². The molecule has 0 radical (unpaired) electrons. The Hall–Kier alpha value is -0.650. The predicted octanol–water partition coefficient (Wildman–Crippen LogP) is -0.153. The van der Waals surface area contributed by atoms with E-state index in [1.54, 1.807) is 7.11 Å². The van der Waals surface area contributed by atoms with Gasteiger partial charge in [-0.15, -0.1) is 0 Å². The quantitative estimate of drug-likeness (QED) is 0.670. The van der Waals surface area contributed by atoms with E-state index in [2.05, 4.69) is 5.32 Å². The Kier molecular flexibility index (Phi) is 4.50. The number of carbonyl (C=O) groups is 1. The third kappa shape index (κ3) is 3.15. The summed E-state index contributed by atoms with van der Waals surface area (Å²) < 4.78 is 10.5. The smallest absolute Gasteiger partial charge is 0.234 e. The zero-order chi connectivity index (χ0) is 11.4. The maximum Gasteiger partial charge on any atom is 0.234 e. The molecule has 15 heavy (non-hydrogen) atoms. The van der Waals surface area contributed by atoms with Crippen LogP contribution >= 0.6 is 0 Å². The SMILES string of the molecule is COC1OCC[C@@H]1N[C@H](C(N)=O)C(C)C. The molecule has 88 valence electrons. The Balaban J connectivity index is 2.54. The van der Waals surface area contributed by atoms with E-state index in [4.69, 9.17) is 15.2 Å². The van der Waals surface area contributed by atoms with Gasteiger partial charge in [-0.2, -0.15) is 0 Å². The second-order valence-corrected chi connectivity index (χ2v) is 4.16. The fourth-order valence-corrected chi connectivity index (χ4v) is 1.79. The van der Waals surface area contributed by atoms with Gasteiger partial charge in [0, 0.05) is 7.11 Å². The molecule has 0 aromatic rings. The molecule has 5 nitrogen and oxygen atoms in total. The number of rotatable bonds is 5. The van der Waals surface area contributed by atoms with Gasteiger partial charge in [-0.25, -0.2) is 0 Å². The van der Waals surface area contributed by atoms with Gasteiger partial charge in [-0.1, -0.05) is 13.8 Å². The normalized spacial score (nSPS) is 28.3. The van der Waals surface area contributed by atoms with E-state index in [1.807, 2.05) is 13.8 Å². The standard InChI is InChI=1S/C10H20N2O3/c1-6(2)8(9(11)13)12-7-4-5-15-10(7)14-3/h6-8,10,12H,4-5H2,1-3H3,(H2,11,13)/t7-,8-,10?/m0/s1. The molecule has 1 unspecified atom stereocenters. The first-order valence-electron chi connectivity index (χ1n) is 5.26. The van der Waals surface area contributed by atoms with Crippen LogP contribution in [0.5, 0.6) is 0 Å². The Labute approximate surface area is 90.3 Å². The molecule has 3 atom stereocenters. The Morgan fingerprint density at radius 2 is 2.27 bits per heavy atom. The van der Waals surface area contributed by atoms with Crippen LogP contribution in [0.25, 0.3) is 0 Å².